The third kappa shape index (κ3) is 5.16. The molecule has 1 spiro atoms. The van der Waals surface area contributed by atoms with Crippen LogP contribution in [0.4, 0.5) is 10.5 Å². The Morgan fingerprint density at radius 3 is 2.45 bits per heavy atom. The summed E-state index contributed by atoms with van der Waals surface area (Å²) in [6.07, 6.45) is 2.97. The van der Waals surface area contributed by atoms with Gasteiger partial charge >= 0.3 is 11.7 Å². The first-order valence-electron chi connectivity index (χ1n) is 15.0. The van der Waals surface area contributed by atoms with Gasteiger partial charge in [-0.3, -0.25) is 19.1 Å². The molecule has 7 rings (SSSR count). The molecule has 2 aliphatic heterocycles. The van der Waals surface area contributed by atoms with Gasteiger partial charge in [-0.2, -0.15) is 0 Å². The van der Waals surface area contributed by atoms with E-state index >= 15 is 0 Å². The third-order valence-corrected chi connectivity index (χ3v) is 10.1. The minimum absolute atomic E-state index is 0.120. The number of likely N-dealkylation sites (tertiary alicyclic amines) is 1. The Kier molecular flexibility index (Phi) is 7.61. The summed E-state index contributed by atoms with van der Waals surface area (Å²) in [5.41, 5.74) is 3.34. The van der Waals surface area contributed by atoms with Gasteiger partial charge in [0.2, 0.25) is 5.88 Å². The van der Waals surface area contributed by atoms with Crippen LogP contribution in [0, 0.1) is 0 Å². The largest absolute Gasteiger partial charge is 0.481 e. The molecule has 242 valence electrons. The summed E-state index contributed by atoms with van der Waals surface area (Å²) >= 11 is 13.9. The monoisotopic (exact) mass is 675 g/mol. The Labute approximate surface area is 279 Å². The third-order valence-electron chi connectivity index (χ3n) is 9.24. The summed E-state index contributed by atoms with van der Waals surface area (Å²) in [7, 11) is 4.38. The number of methoxy groups -OCH3 is 1. The standard InChI is InChI=1S/C33H31Cl2N7O5/c1-40-13-21(30(44)41(2)32(40)46)28(43)37-22-9-5-7-19(27(22)35)18-6-4-8-20(26(18)34)23-12-17-10-11-24(25(17)29(38-23)47-3)42-15-33(16-42)14-36-31(45)39-33/h4-9,12-13,24H,10-11,14-16H2,1-3H3,(H,37,43)(H2,36,39,45)/t24-/m0/s1. The molecule has 1 atom stereocenters. The lowest BCUT2D eigenvalue weighted by molar-refractivity contribution is 0.0248. The van der Waals surface area contributed by atoms with Gasteiger partial charge in [-0.05, 0) is 30.5 Å². The topological polar surface area (TPSA) is 140 Å². The number of urea groups is 1. The summed E-state index contributed by atoms with van der Waals surface area (Å²) in [5.74, 6) is -0.158. The molecule has 3 N–H and O–H groups in total. The van der Waals surface area contributed by atoms with E-state index in [1.165, 1.54) is 20.3 Å². The van der Waals surface area contributed by atoms with E-state index in [-0.39, 0.29) is 33.9 Å². The number of carbonyl (C=O) groups excluding carboxylic acids is 2. The molecule has 3 aliphatic rings. The average Bonchev–Trinajstić information content (AvgIpc) is 3.65. The van der Waals surface area contributed by atoms with Crippen LogP contribution in [-0.4, -0.2) is 63.2 Å². The van der Waals surface area contributed by atoms with Gasteiger partial charge in [0.05, 0.1) is 34.1 Å². The van der Waals surface area contributed by atoms with Crippen LogP contribution >= 0.6 is 23.2 Å². The fourth-order valence-corrected chi connectivity index (χ4v) is 7.49. The van der Waals surface area contributed by atoms with E-state index in [4.69, 9.17) is 32.9 Å². The number of nitrogens with one attached hydrogen (secondary N) is 3. The first-order chi connectivity index (χ1) is 22.5. The zero-order valence-electron chi connectivity index (χ0n) is 25.8. The fraction of sp³-hybridized carbons (Fsp3) is 0.303. The molecule has 0 saturated carbocycles. The Bertz CT molecular complexity index is 2100. The number of halogens is 2. The van der Waals surface area contributed by atoms with Crippen molar-refractivity contribution in [1.29, 1.82) is 0 Å². The van der Waals surface area contributed by atoms with Crippen molar-refractivity contribution in [2.24, 2.45) is 14.1 Å². The Morgan fingerprint density at radius 2 is 1.74 bits per heavy atom. The second-order valence-corrected chi connectivity index (χ2v) is 13.0. The number of nitrogens with zero attached hydrogens (tertiary/aromatic N) is 4. The molecule has 0 radical (unpaired) electrons. The number of hydrogen-bond donors (Lipinski definition) is 3. The van der Waals surface area contributed by atoms with Gasteiger partial charge in [0.1, 0.15) is 5.56 Å². The van der Waals surface area contributed by atoms with Crippen LogP contribution in [-0.2, 0) is 20.5 Å². The number of anilines is 1. The number of rotatable bonds is 6. The first-order valence-corrected chi connectivity index (χ1v) is 15.8. The highest BCUT2D eigenvalue weighted by Crippen LogP contribution is 2.47. The normalized spacial score (nSPS) is 18.0. The van der Waals surface area contributed by atoms with E-state index in [0.717, 1.165) is 46.2 Å². The van der Waals surface area contributed by atoms with Crippen molar-refractivity contribution < 1.29 is 14.3 Å². The molecule has 4 aromatic rings. The van der Waals surface area contributed by atoms with Crippen molar-refractivity contribution in [3.8, 4) is 28.3 Å². The molecule has 4 heterocycles. The zero-order chi connectivity index (χ0) is 33.2. The lowest BCUT2D eigenvalue weighted by Crippen LogP contribution is -2.69. The van der Waals surface area contributed by atoms with E-state index < -0.39 is 17.2 Å². The summed E-state index contributed by atoms with van der Waals surface area (Å²) in [6.45, 7) is 2.15. The maximum Gasteiger partial charge on any atom is 0.330 e. The number of carbonyl (C=O) groups is 2. The molecule has 2 fully saturated rings. The molecular formula is C33H31Cl2N7O5. The average molecular weight is 677 g/mol. The van der Waals surface area contributed by atoms with Crippen LogP contribution < -0.4 is 31.9 Å². The van der Waals surface area contributed by atoms with Crippen LogP contribution in [0.1, 0.15) is 33.9 Å². The summed E-state index contributed by atoms with van der Waals surface area (Å²) in [5, 5.41) is 9.27. The molecule has 2 aromatic carbocycles. The smallest absolute Gasteiger partial charge is 0.330 e. The lowest BCUT2D eigenvalue weighted by atomic mass is 9.88. The number of ether oxygens (including phenoxy) is 1. The van der Waals surface area contributed by atoms with E-state index in [1.54, 1.807) is 25.3 Å². The van der Waals surface area contributed by atoms with Crippen LogP contribution in [0.25, 0.3) is 22.4 Å². The predicted octanol–water partition coefficient (Wildman–Crippen LogP) is 3.74. The highest BCUT2D eigenvalue weighted by molar-refractivity contribution is 6.39. The molecule has 1 aliphatic carbocycles. The molecule has 14 heteroatoms. The first kappa shape index (κ1) is 31.0. The van der Waals surface area contributed by atoms with Crippen molar-refractivity contribution in [3.63, 3.8) is 0 Å². The molecule has 2 aromatic heterocycles. The summed E-state index contributed by atoms with van der Waals surface area (Å²) < 4.78 is 7.86. The number of benzene rings is 2. The fourth-order valence-electron chi connectivity index (χ4n) is 6.89. The second kappa shape index (κ2) is 11.5. The summed E-state index contributed by atoms with van der Waals surface area (Å²) in [4.78, 5) is 56.8. The van der Waals surface area contributed by atoms with Gasteiger partial charge < -0.3 is 25.3 Å². The molecule has 0 unspecified atom stereocenters. The minimum atomic E-state index is -0.717. The maximum atomic E-state index is 13.1. The van der Waals surface area contributed by atoms with Crippen LogP contribution in [0.3, 0.4) is 0 Å². The van der Waals surface area contributed by atoms with Crippen molar-refractivity contribution in [2.45, 2.75) is 24.4 Å². The number of hydrogen-bond acceptors (Lipinski definition) is 7. The molecule has 3 amide bonds. The molecule has 12 nitrogen and oxygen atoms in total. The van der Waals surface area contributed by atoms with E-state index in [0.29, 0.717) is 39.8 Å². The van der Waals surface area contributed by atoms with Crippen molar-refractivity contribution in [2.75, 3.05) is 32.1 Å². The maximum absolute atomic E-state index is 13.1. The molecular weight excluding hydrogens is 645 g/mol. The van der Waals surface area contributed by atoms with Gasteiger partial charge in [0.15, 0.2) is 0 Å². The number of pyridine rings is 1. The number of aryl methyl sites for hydroxylation is 2. The van der Waals surface area contributed by atoms with Crippen molar-refractivity contribution >= 4 is 40.8 Å². The van der Waals surface area contributed by atoms with E-state index in [1.807, 2.05) is 18.2 Å². The quantitative estimate of drug-likeness (QED) is 0.283. The summed E-state index contributed by atoms with van der Waals surface area (Å²) in [6, 6.07) is 12.8. The Hall–Kier alpha value is -4.65. The lowest BCUT2D eigenvalue weighted by Gasteiger charge is -2.50. The predicted molar refractivity (Wildman–Crippen MR) is 178 cm³/mol. The Balaban J connectivity index is 1.18. The number of amides is 3. The Morgan fingerprint density at radius 1 is 1.04 bits per heavy atom. The molecule has 47 heavy (non-hydrogen) atoms. The van der Waals surface area contributed by atoms with Gasteiger partial charge in [0.25, 0.3) is 11.5 Å². The number of fused-ring (bicyclic) bond motifs is 1. The van der Waals surface area contributed by atoms with Crippen LogP contribution in [0.15, 0.2) is 58.3 Å². The highest BCUT2D eigenvalue weighted by Gasteiger charge is 2.51. The number of aromatic nitrogens is 3. The van der Waals surface area contributed by atoms with Gasteiger partial charge in [-0.25, -0.2) is 14.6 Å². The SMILES string of the molecule is COc1nc(-c2cccc(-c3cccc(NC(=O)c4cn(C)c(=O)n(C)c4=O)c3Cl)c2Cl)cc2c1[C@@H](N1CC3(CNC(=O)N3)C1)CC2. The molecule has 0 bridgehead atoms. The zero-order valence-corrected chi connectivity index (χ0v) is 27.3. The van der Waals surface area contributed by atoms with Gasteiger partial charge in [0, 0.05) is 68.2 Å². The van der Waals surface area contributed by atoms with Crippen molar-refractivity contribution in [1.82, 2.24) is 29.7 Å². The van der Waals surface area contributed by atoms with Gasteiger partial charge in [-0.1, -0.05) is 53.5 Å². The van der Waals surface area contributed by atoms with E-state index in [9.17, 15) is 19.2 Å². The second-order valence-electron chi connectivity index (χ2n) is 12.2. The van der Waals surface area contributed by atoms with Gasteiger partial charge in [-0.15, -0.1) is 0 Å². The van der Waals surface area contributed by atoms with E-state index in [2.05, 4.69) is 26.9 Å². The minimum Gasteiger partial charge on any atom is -0.481 e. The molecule has 2 saturated heterocycles. The van der Waals surface area contributed by atoms with Crippen LogP contribution in [0.5, 0.6) is 5.88 Å². The van der Waals surface area contributed by atoms with Crippen LogP contribution in [0.2, 0.25) is 10.0 Å². The van der Waals surface area contributed by atoms with Crippen molar-refractivity contribution in [3.05, 3.63) is 96.2 Å². The highest BCUT2D eigenvalue weighted by atomic mass is 35.5.